The third-order valence-corrected chi connectivity index (χ3v) is 3.24. The fourth-order valence-corrected chi connectivity index (χ4v) is 2.24. The minimum Gasteiger partial charge on any atom is -0.384 e. The summed E-state index contributed by atoms with van der Waals surface area (Å²) in [6.45, 7) is 1.41. The minimum absolute atomic E-state index is 0.268. The van der Waals surface area contributed by atoms with Gasteiger partial charge in [-0.15, -0.1) is 0 Å². The molecular formula is C14H19NO. The van der Waals surface area contributed by atoms with Crippen LogP contribution in [-0.2, 0) is 10.2 Å². The molecule has 0 heterocycles. The third-order valence-electron chi connectivity index (χ3n) is 3.24. The zero-order valence-corrected chi connectivity index (χ0v) is 9.78. The Morgan fingerprint density at radius 2 is 2.12 bits per heavy atom. The highest BCUT2D eigenvalue weighted by atomic mass is 16.5. The van der Waals surface area contributed by atoms with Crippen LogP contribution in [0.25, 0.3) is 6.08 Å². The highest BCUT2D eigenvalue weighted by molar-refractivity contribution is 5.57. The smallest absolute Gasteiger partial charge is 0.0559 e. The van der Waals surface area contributed by atoms with E-state index in [4.69, 9.17) is 10.5 Å². The van der Waals surface area contributed by atoms with Crippen LogP contribution in [0.4, 0.5) is 0 Å². The van der Waals surface area contributed by atoms with Crippen LogP contribution in [0.15, 0.2) is 30.3 Å². The number of methoxy groups -OCH3 is 1. The van der Waals surface area contributed by atoms with Crippen LogP contribution < -0.4 is 5.73 Å². The monoisotopic (exact) mass is 217 g/mol. The molecule has 0 atom stereocenters. The van der Waals surface area contributed by atoms with E-state index in [2.05, 4.69) is 30.3 Å². The van der Waals surface area contributed by atoms with Gasteiger partial charge in [0.15, 0.2) is 0 Å². The molecule has 0 saturated heterocycles. The molecule has 2 N–H and O–H groups in total. The van der Waals surface area contributed by atoms with E-state index in [9.17, 15) is 0 Å². The molecule has 1 aromatic rings. The Morgan fingerprint density at radius 1 is 1.38 bits per heavy atom. The average molecular weight is 217 g/mol. The Balaban J connectivity index is 2.29. The molecule has 86 valence electrons. The van der Waals surface area contributed by atoms with Gasteiger partial charge >= 0.3 is 0 Å². The lowest BCUT2D eigenvalue weighted by Crippen LogP contribution is -2.15. The third kappa shape index (κ3) is 2.18. The van der Waals surface area contributed by atoms with Gasteiger partial charge in [0.2, 0.25) is 0 Å². The Bertz CT molecular complexity index is 380. The van der Waals surface area contributed by atoms with Gasteiger partial charge < -0.3 is 10.5 Å². The molecule has 16 heavy (non-hydrogen) atoms. The second kappa shape index (κ2) is 4.81. The van der Waals surface area contributed by atoms with Crippen LogP contribution in [0.3, 0.4) is 0 Å². The van der Waals surface area contributed by atoms with E-state index >= 15 is 0 Å². The first-order chi connectivity index (χ1) is 7.82. The van der Waals surface area contributed by atoms with Crippen molar-refractivity contribution in [3.05, 3.63) is 41.5 Å². The van der Waals surface area contributed by atoms with Crippen molar-refractivity contribution in [1.29, 1.82) is 0 Å². The highest BCUT2D eigenvalue weighted by Gasteiger charge is 2.45. The molecule has 0 aliphatic heterocycles. The van der Waals surface area contributed by atoms with Crippen LogP contribution in [0.2, 0.25) is 0 Å². The lowest BCUT2D eigenvalue weighted by molar-refractivity contribution is 0.171. The first-order valence-electron chi connectivity index (χ1n) is 5.77. The first kappa shape index (κ1) is 11.4. The van der Waals surface area contributed by atoms with Crippen molar-refractivity contribution >= 4 is 6.08 Å². The van der Waals surface area contributed by atoms with Crippen LogP contribution in [0, 0.1) is 0 Å². The molecule has 2 rings (SSSR count). The van der Waals surface area contributed by atoms with E-state index in [0.29, 0.717) is 6.54 Å². The molecule has 0 amide bonds. The van der Waals surface area contributed by atoms with Crippen molar-refractivity contribution in [3.63, 3.8) is 0 Å². The fourth-order valence-electron chi connectivity index (χ4n) is 2.24. The number of benzene rings is 1. The van der Waals surface area contributed by atoms with E-state index < -0.39 is 0 Å². The molecule has 1 fully saturated rings. The Kier molecular flexibility index (Phi) is 3.42. The lowest BCUT2D eigenvalue weighted by atomic mass is 9.92. The summed E-state index contributed by atoms with van der Waals surface area (Å²) in [6.07, 6.45) is 6.58. The van der Waals surface area contributed by atoms with Crippen LogP contribution in [0.5, 0.6) is 0 Å². The Hall–Kier alpha value is -1.12. The van der Waals surface area contributed by atoms with Gasteiger partial charge in [-0.2, -0.15) is 0 Å². The van der Waals surface area contributed by atoms with Crippen LogP contribution in [-0.4, -0.2) is 20.3 Å². The SMILES string of the molecule is COCC1(c2ccccc2/C=C/CN)CC1. The van der Waals surface area contributed by atoms with Gasteiger partial charge in [0.25, 0.3) is 0 Å². The number of hydrogen-bond acceptors (Lipinski definition) is 2. The fraction of sp³-hybridized carbons (Fsp3) is 0.429. The number of hydrogen-bond donors (Lipinski definition) is 1. The predicted molar refractivity (Wildman–Crippen MR) is 67.3 cm³/mol. The van der Waals surface area contributed by atoms with Crippen molar-refractivity contribution in [2.75, 3.05) is 20.3 Å². The molecule has 0 bridgehead atoms. The quantitative estimate of drug-likeness (QED) is 0.821. The van der Waals surface area contributed by atoms with Crippen molar-refractivity contribution in [2.45, 2.75) is 18.3 Å². The molecule has 0 aromatic heterocycles. The molecule has 1 aliphatic rings. The summed E-state index contributed by atoms with van der Waals surface area (Å²) in [6, 6.07) is 8.53. The molecule has 2 nitrogen and oxygen atoms in total. The molecule has 0 spiro atoms. The second-order valence-electron chi connectivity index (χ2n) is 4.44. The summed E-state index contributed by atoms with van der Waals surface area (Å²) >= 11 is 0. The zero-order valence-electron chi connectivity index (χ0n) is 9.78. The summed E-state index contributed by atoms with van der Waals surface area (Å²) in [4.78, 5) is 0. The van der Waals surface area contributed by atoms with E-state index in [0.717, 1.165) is 6.61 Å². The standard InChI is InChI=1S/C14H19NO/c1-16-11-14(8-9-14)13-7-3-2-5-12(13)6-4-10-15/h2-7H,8-11,15H2,1H3/b6-4+. The first-order valence-corrected chi connectivity index (χ1v) is 5.77. The molecule has 1 aliphatic carbocycles. The summed E-state index contributed by atoms with van der Waals surface area (Å²) in [5.74, 6) is 0. The summed E-state index contributed by atoms with van der Waals surface area (Å²) < 4.78 is 5.33. The molecule has 0 radical (unpaired) electrons. The maximum absolute atomic E-state index is 5.50. The van der Waals surface area contributed by atoms with Crippen molar-refractivity contribution in [3.8, 4) is 0 Å². The summed E-state index contributed by atoms with van der Waals surface area (Å²) in [5.41, 5.74) is 8.45. The maximum Gasteiger partial charge on any atom is 0.0559 e. The molecule has 2 heteroatoms. The minimum atomic E-state index is 0.268. The topological polar surface area (TPSA) is 35.2 Å². The predicted octanol–water partition coefficient (Wildman–Crippen LogP) is 2.34. The van der Waals surface area contributed by atoms with Crippen molar-refractivity contribution in [1.82, 2.24) is 0 Å². The van der Waals surface area contributed by atoms with E-state index in [1.54, 1.807) is 7.11 Å². The van der Waals surface area contributed by atoms with Gasteiger partial charge in [0.05, 0.1) is 6.61 Å². The van der Waals surface area contributed by atoms with E-state index in [1.807, 2.05) is 6.08 Å². The Morgan fingerprint density at radius 3 is 2.75 bits per heavy atom. The second-order valence-corrected chi connectivity index (χ2v) is 4.44. The highest BCUT2D eigenvalue weighted by Crippen LogP contribution is 2.49. The summed E-state index contributed by atoms with van der Waals surface area (Å²) in [5, 5.41) is 0. The largest absolute Gasteiger partial charge is 0.384 e. The average Bonchev–Trinajstić information content (AvgIpc) is 3.08. The molecule has 1 aromatic carbocycles. The van der Waals surface area contributed by atoms with Gasteiger partial charge in [-0.05, 0) is 24.0 Å². The van der Waals surface area contributed by atoms with Gasteiger partial charge in [-0.3, -0.25) is 0 Å². The van der Waals surface area contributed by atoms with E-state index in [-0.39, 0.29) is 5.41 Å². The zero-order chi connectivity index (χ0) is 11.4. The maximum atomic E-state index is 5.50. The van der Waals surface area contributed by atoms with Gasteiger partial charge in [-0.25, -0.2) is 0 Å². The van der Waals surface area contributed by atoms with E-state index in [1.165, 1.54) is 24.0 Å². The lowest BCUT2D eigenvalue weighted by Gasteiger charge is -2.17. The molecular weight excluding hydrogens is 198 g/mol. The van der Waals surface area contributed by atoms with Crippen LogP contribution in [0.1, 0.15) is 24.0 Å². The van der Waals surface area contributed by atoms with Gasteiger partial charge in [0, 0.05) is 19.1 Å². The molecule has 0 unspecified atom stereocenters. The van der Waals surface area contributed by atoms with Crippen molar-refractivity contribution in [2.24, 2.45) is 5.73 Å². The van der Waals surface area contributed by atoms with Crippen molar-refractivity contribution < 1.29 is 4.74 Å². The number of rotatable bonds is 5. The number of ether oxygens (including phenoxy) is 1. The summed E-state index contributed by atoms with van der Waals surface area (Å²) in [7, 11) is 1.78. The normalized spacial score (nSPS) is 17.9. The molecule has 1 saturated carbocycles. The van der Waals surface area contributed by atoms with Gasteiger partial charge in [-0.1, -0.05) is 36.4 Å². The van der Waals surface area contributed by atoms with Gasteiger partial charge in [0.1, 0.15) is 0 Å². The number of nitrogens with two attached hydrogens (primary N) is 1. The Labute approximate surface area is 97.1 Å². The van der Waals surface area contributed by atoms with Crippen LogP contribution >= 0.6 is 0 Å².